The van der Waals surface area contributed by atoms with Gasteiger partial charge in [0.1, 0.15) is 5.82 Å². The highest BCUT2D eigenvalue weighted by atomic mass is 16.2. The fourth-order valence-corrected chi connectivity index (χ4v) is 3.38. The number of hydrogen-bond donors (Lipinski definition) is 0. The van der Waals surface area contributed by atoms with Crippen molar-refractivity contribution in [1.29, 1.82) is 5.26 Å². The van der Waals surface area contributed by atoms with E-state index in [1.165, 1.54) is 0 Å². The van der Waals surface area contributed by atoms with E-state index in [4.69, 9.17) is 5.26 Å². The number of anilines is 1. The van der Waals surface area contributed by atoms with E-state index in [1.54, 1.807) is 12.1 Å². The number of amides is 1. The number of nitriles is 1. The monoisotopic (exact) mass is 348 g/mol. The first-order valence-corrected chi connectivity index (χ1v) is 9.04. The number of nitrogens with zero attached hydrogens (tertiary/aromatic N) is 4. The van der Waals surface area contributed by atoms with E-state index in [2.05, 4.69) is 22.9 Å². The quantitative estimate of drug-likeness (QED) is 0.852. The van der Waals surface area contributed by atoms with Crippen LogP contribution in [0.25, 0.3) is 0 Å². The van der Waals surface area contributed by atoms with Crippen molar-refractivity contribution in [2.24, 2.45) is 0 Å². The minimum absolute atomic E-state index is 0.166. The Hall–Kier alpha value is -2.87. The molecule has 1 atom stereocenters. The molecule has 1 aliphatic heterocycles. The molecule has 0 spiro atoms. The first-order chi connectivity index (χ1) is 12.6. The SMILES string of the molecule is Cc1cccc(N2CCN(C(=O)CCc3ccc(C#N)cc3)[C@H](C)C2)n1. The largest absolute Gasteiger partial charge is 0.353 e. The Balaban J connectivity index is 1.55. The number of aryl methyl sites for hydroxylation is 2. The third-order valence-corrected chi connectivity index (χ3v) is 4.86. The summed E-state index contributed by atoms with van der Waals surface area (Å²) in [6, 6.07) is 15.8. The normalized spacial score (nSPS) is 17.0. The average Bonchev–Trinajstić information content (AvgIpc) is 2.66. The van der Waals surface area contributed by atoms with Crippen molar-refractivity contribution < 1.29 is 4.79 Å². The van der Waals surface area contributed by atoms with Gasteiger partial charge < -0.3 is 9.80 Å². The lowest BCUT2D eigenvalue weighted by molar-refractivity contribution is -0.133. The van der Waals surface area contributed by atoms with Crippen LogP contribution in [0.1, 0.15) is 30.2 Å². The number of aromatic nitrogens is 1. The zero-order chi connectivity index (χ0) is 18.5. The molecule has 1 aromatic carbocycles. The fourth-order valence-electron chi connectivity index (χ4n) is 3.38. The lowest BCUT2D eigenvalue weighted by Gasteiger charge is -2.40. The highest BCUT2D eigenvalue weighted by Gasteiger charge is 2.27. The second kappa shape index (κ2) is 8.01. The van der Waals surface area contributed by atoms with Crippen LogP contribution in [0, 0.1) is 18.3 Å². The second-order valence-electron chi connectivity index (χ2n) is 6.83. The average molecular weight is 348 g/mol. The summed E-state index contributed by atoms with van der Waals surface area (Å²) in [6.07, 6.45) is 1.20. The molecule has 1 fully saturated rings. The van der Waals surface area contributed by atoms with Gasteiger partial charge in [-0.3, -0.25) is 4.79 Å². The van der Waals surface area contributed by atoms with Crippen LogP contribution in [0.15, 0.2) is 42.5 Å². The van der Waals surface area contributed by atoms with Crippen LogP contribution >= 0.6 is 0 Å². The van der Waals surface area contributed by atoms with Crippen molar-refractivity contribution in [2.75, 3.05) is 24.5 Å². The number of piperazine rings is 1. The molecule has 0 saturated carbocycles. The van der Waals surface area contributed by atoms with Gasteiger partial charge in [0.2, 0.25) is 5.91 Å². The van der Waals surface area contributed by atoms with E-state index in [9.17, 15) is 4.79 Å². The number of carbonyl (C=O) groups is 1. The highest BCUT2D eigenvalue weighted by molar-refractivity contribution is 5.77. The van der Waals surface area contributed by atoms with Crippen molar-refractivity contribution >= 4 is 11.7 Å². The molecule has 1 amide bonds. The highest BCUT2D eigenvalue weighted by Crippen LogP contribution is 2.18. The molecule has 1 saturated heterocycles. The Labute approximate surface area is 154 Å². The Kier molecular flexibility index (Phi) is 5.52. The molecule has 0 aliphatic carbocycles. The number of benzene rings is 1. The Bertz CT molecular complexity index is 810. The minimum Gasteiger partial charge on any atom is -0.353 e. The van der Waals surface area contributed by atoms with Gasteiger partial charge in [0.15, 0.2) is 0 Å². The van der Waals surface area contributed by atoms with E-state index in [-0.39, 0.29) is 11.9 Å². The van der Waals surface area contributed by atoms with Crippen LogP contribution in [0.4, 0.5) is 5.82 Å². The molecule has 134 valence electrons. The first-order valence-electron chi connectivity index (χ1n) is 9.04. The van der Waals surface area contributed by atoms with Gasteiger partial charge in [0, 0.05) is 37.8 Å². The van der Waals surface area contributed by atoms with Crippen LogP contribution in [0.5, 0.6) is 0 Å². The predicted molar refractivity (Wildman–Crippen MR) is 102 cm³/mol. The number of pyridine rings is 1. The molecule has 26 heavy (non-hydrogen) atoms. The van der Waals surface area contributed by atoms with Gasteiger partial charge in [-0.2, -0.15) is 5.26 Å². The van der Waals surface area contributed by atoms with Crippen LogP contribution in [-0.4, -0.2) is 41.5 Å². The molecule has 0 N–H and O–H groups in total. The van der Waals surface area contributed by atoms with Gasteiger partial charge in [-0.05, 0) is 50.1 Å². The summed E-state index contributed by atoms with van der Waals surface area (Å²) in [5.41, 5.74) is 2.75. The van der Waals surface area contributed by atoms with Crippen LogP contribution < -0.4 is 4.90 Å². The lowest BCUT2D eigenvalue weighted by atomic mass is 10.1. The Morgan fingerprint density at radius 2 is 2.00 bits per heavy atom. The maximum atomic E-state index is 12.6. The van der Waals surface area contributed by atoms with Crippen molar-refractivity contribution in [1.82, 2.24) is 9.88 Å². The Morgan fingerprint density at radius 3 is 2.65 bits per heavy atom. The van der Waals surface area contributed by atoms with Gasteiger partial charge in [-0.25, -0.2) is 4.98 Å². The summed E-state index contributed by atoms with van der Waals surface area (Å²) < 4.78 is 0. The first kappa shape index (κ1) is 17.9. The van der Waals surface area contributed by atoms with Gasteiger partial charge in [-0.1, -0.05) is 18.2 Å². The van der Waals surface area contributed by atoms with Gasteiger partial charge >= 0.3 is 0 Å². The molecule has 2 heterocycles. The van der Waals surface area contributed by atoms with Gasteiger partial charge in [0.25, 0.3) is 0 Å². The number of carbonyl (C=O) groups excluding carboxylic acids is 1. The van der Waals surface area contributed by atoms with Crippen molar-refractivity contribution in [3.05, 3.63) is 59.3 Å². The molecule has 1 aromatic heterocycles. The van der Waals surface area contributed by atoms with Crippen molar-refractivity contribution in [2.45, 2.75) is 32.7 Å². The van der Waals surface area contributed by atoms with E-state index in [0.29, 0.717) is 18.4 Å². The van der Waals surface area contributed by atoms with E-state index in [0.717, 1.165) is 36.7 Å². The summed E-state index contributed by atoms with van der Waals surface area (Å²) in [5, 5.41) is 8.85. The van der Waals surface area contributed by atoms with Gasteiger partial charge in [-0.15, -0.1) is 0 Å². The molecule has 0 radical (unpaired) electrons. The van der Waals surface area contributed by atoms with E-state index < -0.39 is 0 Å². The van der Waals surface area contributed by atoms with E-state index >= 15 is 0 Å². The van der Waals surface area contributed by atoms with E-state index in [1.807, 2.05) is 42.2 Å². The minimum atomic E-state index is 0.166. The smallest absolute Gasteiger partial charge is 0.223 e. The zero-order valence-electron chi connectivity index (χ0n) is 15.4. The molecular formula is C21H24N4O. The van der Waals surface area contributed by atoms with Crippen LogP contribution in [0.3, 0.4) is 0 Å². The van der Waals surface area contributed by atoms with Crippen LogP contribution in [0.2, 0.25) is 0 Å². The summed E-state index contributed by atoms with van der Waals surface area (Å²) in [6.45, 7) is 6.43. The molecule has 5 nitrogen and oxygen atoms in total. The van der Waals surface area contributed by atoms with Crippen LogP contribution in [-0.2, 0) is 11.2 Å². The zero-order valence-corrected chi connectivity index (χ0v) is 15.4. The Morgan fingerprint density at radius 1 is 1.23 bits per heavy atom. The molecule has 5 heteroatoms. The molecule has 0 bridgehead atoms. The summed E-state index contributed by atoms with van der Waals surface area (Å²) >= 11 is 0. The third-order valence-electron chi connectivity index (χ3n) is 4.86. The third kappa shape index (κ3) is 4.20. The maximum Gasteiger partial charge on any atom is 0.223 e. The molecule has 3 rings (SSSR count). The lowest BCUT2D eigenvalue weighted by Crippen LogP contribution is -2.54. The maximum absolute atomic E-state index is 12.6. The summed E-state index contributed by atoms with van der Waals surface area (Å²) in [4.78, 5) is 21.5. The van der Waals surface area contributed by atoms with Crippen molar-refractivity contribution in [3.8, 4) is 6.07 Å². The predicted octanol–water partition coefficient (Wildman–Crippen LogP) is 2.93. The molecule has 2 aromatic rings. The fraction of sp³-hybridized carbons (Fsp3) is 0.381. The number of hydrogen-bond acceptors (Lipinski definition) is 4. The molecular weight excluding hydrogens is 324 g/mol. The molecule has 1 aliphatic rings. The molecule has 0 unspecified atom stereocenters. The summed E-state index contributed by atoms with van der Waals surface area (Å²) in [7, 11) is 0. The van der Waals surface area contributed by atoms with Gasteiger partial charge in [0.05, 0.1) is 11.6 Å². The topological polar surface area (TPSA) is 60.2 Å². The standard InChI is InChI=1S/C21H24N4O/c1-16-4-3-5-20(23-16)24-12-13-25(17(2)15-24)21(26)11-10-18-6-8-19(14-22)9-7-18/h3-9,17H,10-13,15H2,1-2H3/t17-/m1/s1. The number of rotatable bonds is 4. The van der Waals surface area contributed by atoms with Crippen molar-refractivity contribution in [3.63, 3.8) is 0 Å². The summed E-state index contributed by atoms with van der Waals surface area (Å²) in [5.74, 6) is 1.18. The second-order valence-corrected chi connectivity index (χ2v) is 6.83.